The van der Waals surface area contributed by atoms with Crippen LogP contribution in [0.3, 0.4) is 0 Å². The molecule has 2 heterocycles. The van der Waals surface area contributed by atoms with Crippen LogP contribution in [0.25, 0.3) is 22.4 Å². The van der Waals surface area contributed by atoms with Gasteiger partial charge in [-0.3, -0.25) is 10.1 Å². The van der Waals surface area contributed by atoms with E-state index in [1.807, 2.05) is 24.3 Å². The topological polar surface area (TPSA) is 113 Å². The third kappa shape index (κ3) is 3.82. The molecule has 130 valence electrons. The van der Waals surface area contributed by atoms with Crippen LogP contribution in [0.1, 0.15) is 13.8 Å². The second kappa shape index (κ2) is 7.39. The molecule has 3 N–H and O–H groups in total. The predicted octanol–water partition coefficient (Wildman–Crippen LogP) is 2.54. The molecule has 3 rings (SSSR count). The van der Waals surface area contributed by atoms with Gasteiger partial charge < -0.3 is 14.7 Å². The zero-order valence-electron chi connectivity index (χ0n) is 13.7. The average Bonchev–Trinajstić information content (AvgIpc) is 3.21. The molecule has 3 aromatic rings. The number of hydrogen-bond donors (Lipinski definition) is 3. The van der Waals surface area contributed by atoms with E-state index < -0.39 is 17.2 Å². The maximum atomic E-state index is 12.0. The summed E-state index contributed by atoms with van der Waals surface area (Å²) < 4.78 is 5.65. The highest BCUT2D eigenvalue weighted by molar-refractivity contribution is 8.00. The van der Waals surface area contributed by atoms with Gasteiger partial charge in [0, 0.05) is 23.6 Å². The summed E-state index contributed by atoms with van der Waals surface area (Å²) in [5.74, 6) is -0.0564. The van der Waals surface area contributed by atoms with E-state index in [1.165, 1.54) is 0 Å². The monoisotopic (exact) mass is 359 g/mol. The Labute approximate surface area is 147 Å². The van der Waals surface area contributed by atoms with Gasteiger partial charge in [-0.25, -0.2) is 4.79 Å². The number of imide groups is 1. The van der Waals surface area contributed by atoms with Crippen molar-refractivity contribution in [3.8, 4) is 11.5 Å². The van der Waals surface area contributed by atoms with E-state index in [4.69, 9.17) is 4.42 Å². The smallest absolute Gasteiger partial charge is 0.321 e. The molecule has 1 atom stereocenters. The molecule has 0 aliphatic carbocycles. The lowest BCUT2D eigenvalue weighted by Gasteiger charge is -2.08. The van der Waals surface area contributed by atoms with Crippen molar-refractivity contribution in [1.29, 1.82) is 0 Å². The molecule has 25 heavy (non-hydrogen) atoms. The summed E-state index contributed by atoms with van der Waals surface area (Å²) in [5.41, 5.74) is 1.77. The highest BCUT2D eigenvalue weighted by Crippen LogP contribution is 2.30. The molecule has 0 saturated heterocycles. The summed E-state index contributed by atoms with van der Waals surface area (Å²) >= 11 is 1.09. The fourth-order valence-corrected chi connectivity index (χ4v) is 2.92. The van der Waals surface area contributed by atoms with Gasteiger partial charge in [0.1, 0.15) is 0 Å². The molecule has 1 unspecified atom stereocenters. The van der Waals surface area contributed by atoms with Gasteiger partial charge in [-0.05, 0) is 19.9 Å². The number of H-pyrrole nitrogens is 1. The number of rotatable bonds is 5. The van der Waals surface area contributed by atoms with Crippen molar-refractivity contribution in [2.24, 2.45) is 0 Å². The van der Waals surface area contributed by atoms with Crippen LogP contribution in [-0.4, -0.2) is 38.9 Å². The van der Waals surface area contributed by atoms with Crippen LogP contribution < -0.4 is 10.6 Å². The van der Waals surface area contributed by atoms with Crippen LogP contribution in [0.4, 0.5) is 4.79 Å². The molecule has 0 aliphatic heterocycles. The maximum absolute atomic E-state index is 12.0. The number of nitrogens with one attached hydrogen (secondary N) is 3. The summed E-state index contributed by atoms with van der Waals surface area (Å²) in [6.07, 6.45) is 1.80. The van der Waals surface area contributed by atoms with Crippen molar-refractivity contribution in [3.05, 3.63) is 30.5 Å². The Bertz CT molecular complexity index is 904. The summed E-state index contributed by atoms with van der Waals surface area (Å²) in [6.45, 7) is 3.87. The third-order valence-electron chi connectivity index (χ3n) is 3.45. The van der Waals surface area contributed by atoms with Crippen LogP contribution in [0.2, 0.25) is 0 Å². The second-order valence-corrected chi connectivity index (χ2v) is 6.52. The SMILES string of the molecule is CCNC(=O)NC(=O)C(C)Sc1nnc(-c2c[nH]c3ccccc23)o1. The Hall–Kier alpha value is -2.81. The lowest BCUT2D eigenvalue weighted by atomic mass is 10.2. The largest absolute Gasteiger partial charge is 0.411 e. The zero-order chi connectivity index (χ0) is 17.8. The fourth-order valence-electron chi connectivity index (χ4n) is 2.24. The predicted molar refractivity (Wildman–Crippen MR) is 94.1 cm³/mol. The van der Waals surface area contributed by atoms with E-state index in [2.05, 4.69) is 25.8 Å². The van der Waals surface area contributed by atoms with E-state index >= 15 is 0 Å². The van der Waals surface area contributed by atoms with Crippen molar-refractivity contribution in [3.63, 3.8) is 0 Å². The number of urea groups is 1. The molecule has 0 fully saturated rings. The van der Waals surface area contributed by atoms with Crippen molar-refractivity contribution in [2.45, 2.75) is 24.3 Å². The first-order valence-corrected chi connectivity index (χ1v) is 8.61. The van der Waals surface area contributed by atoms with Crippen molar-refractivity contribution in [1.82, 2.24) is 25.8 Å². The number of carbonyl (C=O) groups is 2. The molecule has 0 saturated carbocycles. The van der Waals surface area contributed by atoms with Crippen LogP contribution >= 0.6 is 11.8 Å². The van der Waals surface area contributed by atoms with E-state index in [0.29, 0.717) is 12.4 Å². The van der Waals surface area contributed by atoms with E-state index in [-0.39, 0.29) is 5.22 Å². The molecular weight excluding hydrogens is 342 g/mol. The number of benzene rings is 1. The summed E-state index contributed by atoms with van der Waals surface area (Å²) in [7, 11) is 0. The molecule has 0 spiro atoms. The van der Waals surface area contributed by atoms with Gasteiger partial charge in [-0.2, -0.15) is 0 Å². The minimum atomic E-state index is -0.557. The average molecular weight is 359 g/mol. The van der Waals surface area contributed by atoms with Crippen molar-refractivity contribution in [2.75, 3.05) is 6.54 Å². The number of para-hydroxylation sites is 1. The van der Waals surface area contributed by atoms with Crippen LogP contribution in [0.5, 0.6) is 0 Å². The number of hydrogen-bond acceptors (Lipinski definition) is 6. The maximum Gasteiger partial charge on any atom is 0.321 e. The van der Waals surface area contributed by atoms with E-state index in [9.17, 15) is 9.59 Å². The number of aromatic amines is 1. The van der Waals surface area contributed by atoms with Gasteiger partial charge in [0.05, 0.1) is 10.8 Å². The first-order chi connectivity index (χ1) is 12.1. The van der Waals surface area contributed by atoms with E-state index in [0.717, 1.165) is 28.2 Å². The number of thioether (sulfide) groups is 1. The van der Waals surface area contributed by atoms with Crippen molar-refractivity contribution >= 4 is 34.6 Å². The van der Waals surface area contributed by atoms with Gasteiger partial charge in [0.2, 0.25) is 5.91 Å². The van der Waals surface area contributed by atoms with Crippen LogP contribution in [-0.2, 0) is 4.79 Å². The van der Waals surface area contributed by atoms with Gasteiger partial charge >= 0.3 is 6.03 Å². The molecule has 8 nitrogen and oxygen atoms in total. The number of nitrogens with zero attached hydrogens (tertiary/aromatic N) is 2. The Balaban J connectivity index is 1.69. The quantitative estimate of drug-likeness (QED) is 0.603. The summed E-state index contributed by atoms with van der Waals surface area (Å²) in [4.78, 5) is 26.5. The number of fused-ring (bicyclic) bond motifs is 1. The van der Waals surface area contributed by atoms with Gasteiger partial charge in [-0.15, -0.1) is 10.2 Å². The molecule has 9 heteroatoms. The molecular formula is C16H17N5O3S. The Morgan fingerprint density at radius 1 is 1.32 bits per heavy atom. The van der Waals surface area contributed by atoms with E-state index in [1.54, 1.807) is 20.0 Å². The van der Waals surface area contributed by atoms with Gasteiger partial charge in [0.15, 0.2) is 0 Å². The Morgan fingerprint density at radius 3 is 2.92 bits per heavy atom. The van der Waals surface area contributed by atoms with Crippen LogP contribution in [0.15, 0.2) is 40.1 Å². The number of carbonyl (C=O) groups excluding carboxylic acids is 2. The van der Waals surface area contributed by atoms with Crippen molar-refractivity contribution < 1.29 is 14.0 Å². The number of aromatic nitrogens is 3. The minimum Gasteiger partial charge on any atom is -0.411 e. The molecule has 0 aliphatic rings. The highest BCUT2D eigenvalue weighted by Gasteiger charge is 2.21. The minimum absolute atomic E-state index is 0.263. The molecule has 3 amide bonds. The summed E-state index contributed by atoms with van der Waals surface area (Å²) in [5, 5.41) is 13.4. The van der Waals surface area contributed by atoms with Gasteiger partial charge in [0.25, 0.3) is 11.1 Å². The summed E-state index contributed by atoms with van der Waals surface area (Å²) in [6, 6.07) is 7.26. The lowest BCUT2D eigenvalue weighted by Crippen LogP contribution is -2.42. The van der Waals surface area contributed by atoms with Gasteiger partial charge in [-0.1, -0.05) is 30.0 Å². The first-order valence-electron chi connectivity index (χ1n) is 7.73. The molecule has 0 bridgehead atoms. The molecule has 0 radical (unpaired) electrons. The Morgan fingerprint density at radius 2 is 2.12 bits per heavy atom. The Kier molecular flexibility index (Phi) is 5.03. The lowest BCUT2D eigenvalue weighted by molar-refractivity contribution is -0.119. The second-order valence-electron chi connectivity index (χ2n) is 5.23. The molecule has 2 aromatic heterocycles. The first kappa shape index (κ1) is 17.0. The number of amides is 3. The standard InChI is InChI=1S/C16H17N5O3S/c1-3-17-15(23)19-13(22)9(2)25-16-21-20-14(24-16)11-8-18-12-7-5-4-6-10(11)12/h4-9,18H,3H2,1-2H3,(H2,17,19,22,23). The zero-order valence-corrected chi connectivity index (χ0v) is 14.5. The molecule has 1 aromatic carbocycles. The third-order valence-corrected chi connectivity index (χ3v) is 4.38. The highest BCUT2D eigenvalue weighted by atomic mass is 32.2. The normalized spacial score (nSPS) is 12.1. The fraction of sp³-hybridized carbons (Fsp3) is 0.250. The van der Waals surface area contributed by atoms with Crippen LogP contribution in [0, 0.1) is 0 Å².